The summed E-state index contributed by atoms with van der Waals surface area (Å²) in [5, 5.41) is 9.51. The zero-order valence-corrected chi connectivity index (χ0v) is 11.8. The molecule has 2 aromatic carbocycles. The summed E-state index contributed by atoms with van der Waals surface area (Å²) in [5.74, 6) is 0. The van der Waals surface area contributed by atoms with E-state index >= 15 is 0 Å². The lowest BCUT2D eigenvalue weighted by molar-refractivity contribution is 0.199. The van der Waals surface area contributed by atoms with Gasteiger partial charge >= 0.3 is 0 Å². The predicted octanol–water partition coefficient (Wildman–Crippen LogP) is 4.07. The average Bonchev–Trinajstić information content (AvgIpc) is 2.46. The minimum Gasteiger partial charge on any atom is -0.389 e. The summed E-state index contributed by atoms with van der Waals surface area (Å²) in [5.41, 5.74) is 4.58. The standard InChI is InChI=1S/C17H21NO/c1-4-14-5-9-16(10-6-14)18(3)17-11-7-15(8-12-17)13(2)19/h5-13,19H,4H2,1-3H3/t13-/m1/s1. The molecule has 0 aliphatic carbocycles. The van der Waals surface area contributed by atoms with E-state index < -0.39 is 6.10 Å². The van der Waals surface area contributed by atoms with Crippen LogP contribution in [-0.4, -0.2) is 12.2 Å². The second-order valence-electron chi connectivity index (χ2n) is 4.85. The van der Waals surface area contributed by atoms with Crippen molar-refractivity contribution in [3.63, 3.8) is 0 Å². The highest BCUT2D eigenvalue weighted by molar-refractivity contribution is 5.62. The van der Waals surface area contributed by atoms with Gasteiger partial charge in [0.05, 0.1) is 6.10 Å². The first kappa shape index (κ1) is 13.6. The number of hydrogen-bond acceptors (Lipinski definition) is 2. The highest BCUT2D eigenvalue weighted by atomic mass is 16.3. The van der Waals surface area contributed by atoms with Crippen molar-refractivity contribution in [2.24, 2.45) is 0 Å². The summed E-state index contributed by atoms with van der Waals surface area (Å²) in [7, 11) is 2.05. The van der Waals surface area contributed by atoms with Crippen molar-refractivity contribution in [3.05, 3.63) is 59.7 Å². The first-order valence-corrected chi connectivity index (χ1v) is 6.72. The van der Waals surface area contributed by atoms with Crippen molar-refractivity contribution in [1.29, 1.82) is 0 Å². The molecule has 0 fully saturated rings. The van der Waals surface area contributed by atoms with Crippen LogP contribution in [0.2, 0.25) is 0 Å². The molecular weight excluding hydrogens is 234 g/mol. The zero-order chi connectivity index (χ0) is 13.8. The Morgan fingerprint density at radius 3 is 1.84 bits per heavy atom. The number of anilines is 2. The molecule has 0 radical (unpaired) electrons. The van der Waals surface area contributed by atoms with Gasteiger partial charge in [-0.3, -0.25) is 0 Å². The minimum atomic E-state index is -0.414. The van der Waals surface area contributed by atoms with E-state index in [4.69, 9.17) is 0 Å². The summed E-state index contributed by atoms with van der Waals surface area (Å²) in [6.07, 6.45) is 0.649. The average molecular weight is 255 g/mol. The van der Waals surface area contributed by atoms with Gasteiger partial charge in [0.25, 0.3) is 0 Å². The number of hydrogen-bond donors (Lipinski definition) is 1. The van der Waals surface area contributed by atoms with Crippen molar-refractivity contribution < 1.29 is 5.11 Å². The summed E-state index contributed by atoms with van der Waals surface area (Å²) in [4.78, 5) is 2.14. The largest absolute Gasteiger partial charge is 0.389 e. The molecule has 0 bridgehead atoms. The predicted molar refractivity (Wildman–Crippen MR) is 81.0 cm³/mol. The van der Waals surface area contributed by atoms with E-state index in [0.29, 0.717) is 0 Å². The Morgan fingerprint density at radius 1 is 0.947 bits per heavy atom. The fraction of sp³-hybridized carbons (Fsp3) is 0.294. The Labute approximate surface area is 115 Å². The normalized spacial score (nSPS) is 12.2. The van der Waals surface area contributed by atoms with Crippen molar-refractivity contribution in [2.75, 3.05) is 11.9 Å². The Kier molecular flexibility index (Phi) is 4.23. The molecular formula is C17H21NO. The SMILES string of the molecule is CCc1ccc(N(C)c2ccc([C@@H](C)O)cc2)cc1. The van der Waals surface area contributed by atoms with E-state index in [2.05, 4.69) is 43.1 Å². The van der Waals surface area contributed by atoms with E-state index in [1.807, 2.05) is 24.3 Å². The summed E-state index contributed by atoms with van der Waals surface area (Å²) >= 11 is 0. The molecule has 2 aromatic rings. The number of aliphatic hydroxyl groups is 1. The van der Waals surface area contributed by atoms with Crippen LogP contribution < -0.4 is 4.90 Å². The fourth-order valence-electron chi connectivity index (χ4n) is 2.08. The smallest absolute Gasteiger partial charge is 0.0761 e. The van der Waals surface area contributed by atoms with Crippen molar-refractivity contribution in [3.8, 4) is 0 Å². The third-order valence-electron chi connectivity index (χ3n) is 3.49. The number of rotatable bonds is 4. The molecule has 0 spiro atoms. The van der Waals surface area contributed by atoms with Crippen LogP contribution in [0.25, 0.3) is 0 Å². The van der Waals surface area contributed by atoms with Gasteiger partial charge < -0.3 is 10.0 Å². The maximum absolute atomic E-state index is 9.51. The molecule has 19 heavy (non-hydrogen) atoms. The number of nitrogens with zero attached hydrogens (tertiary/aromatic N) is 1. The lowest BCUT2D eigenvalue weighted by Crippen LogP contribution is -2.09. The van der Waals surface area contributed by atoms with Crippen LogP contribution in [0.15, 0.2) is 48.5 Å². The second-order valence-corrected chi connectivity index (χ2v) is 4.85. The van der Waals surface area contributed by atoms with Crippen LogP contribution in [0.1, 0.15) is 31.1 Å². The van der Waals surface area contributed by atoms with Crippen molar-refractivity contribution >= 4 is 11.4 Å². The zero-order valence-electron chi connectivity index (χ0n) is 11.8. The van der Waals surface area contributed by atoms with Crippen LogP contribution in [0.4, 0.5) is 11.4 Å². The summed E-state index contributed by atoms with van der Waals surface area (Å²) in [6.45, 7) is 3.94. The second kappa shape index (κ2) is 5.89. The van der Waals surface area contributed by atoms with Crippen LogP contribution in [-0.2, 0) is 6.42 Å². The number of benzene rings is 2. The molecule has 0 saturated carbocycles. The quantitative estimate of drug-likeness (QED) is 0.890. The van der Waals surface area contributed by atoms with Crippen LogP contribution in [0, 0.1) is 0 Å². The van der Waals surface area contributed by atoms with Crippen LogP contribution in [0.3, 0.4) is 0 Å². The van der Waals surface area contributed by atoms with Gasteiger partial charge in [0, 0.05) is 18.4 Å². The first-order chi connectivity index (χ1) is 9.11. The number of aliphatic hydroxyl groups excluding tert-OH is 1. The van der Waals surface area contributed by atoms with Gasteiger partial charge in [-0.25, -0.2) is 0 Å². The highest BCUT2D eigenvalue weighted by Crippen LogP contribution is 2.25. The fourth-order valence-corrected chi connectivity index (χ4v) is 2.08. The first-order valence-electron chi connectivity index (χ1n) is 6.72. The summed E-state index contributed by atoms with van der Waals surface area (Å²) in [6, 6.07) is 16.6. The molecule has 0 amide bonds. The third-order valence-corrected chi connectivity index (χ3v) is 3.49. The lowest BCUT2D eigenvalue weighted by atomic mass is 10.1. The highest BCUT2D eigenvalue weighted by Gasteiger charge is 2.05. The van der Waals surface area contributed by atoms with Gasteiger partial charge in [-0.15, -0.1) is 0 Å². The monoisotopic (exact) mass is 255 g/mol. The molecule has 0 unspecified atom stereocenters. The molecule has 0 aliphatic rings. The van der Waals surface area contributed by atoms with Crippen LogP contribution in [0.5, 0.6) is 0 Å². The molecule has 1 atom stereocenters. The Morgan fingerprint density at radius 2 is 1.42 bits per heavy atom. The van der Waals surface area contributed by atoms with Gasteiger partial charge in [0.1, 0.15) is 0 Å². The van der Waals surface area contributed by atoms with Gasteiger partial charge in [0.15, 0.2) is 0 Å². The molecule has 0 saturated heterocycles. The lowest BCUT2D eigenvalue weighted by Gasteiger charge is -2.20. The van der Waals surface area contributed by atoms with Gasteiger partial charge in [-0.05, 0) is 48.7 Å². The van der Waals surface area contributed by atoms with E-state index in [1.54, 1.807) is 6.92 Å². The van der Waals surface area contributed by atoms with E-state index in [9.17, 15) is 5.11 Å². The Balaban J connectivity index is 2.20. The molecule has 0 aromatic heterocycles. The van der Waals surface area contributed by atoms with Gasteiger partial charge in [0.2, 0.25) is 0 Å². The van der Waals surface area contributed by atoms with E-state index in [-0.39, 0.29) is 0 Å². The Hall–Kier alpha value is -1.80. The van der Waals surface area contributed by atoms with Crippen molar-refractivity contribution in [1.82, 2.24) is 0 Å². The van der Waals surface area contributed by atoms with E-state index in [0.717, 1.165) is 17.7 Å². The maximum atomic E-state index is 9.51. The van der Waals surface area contributed by atoms with Crippen molar-refractivity contribution in [2.45, 2.75) is 26.4 Å². The molecule has 1 N–H and O–H groups in total. The number of aryl methyl sites for hydroxylation is 1. The molecule has 2 nitrogen and oxygen atoms in total. The summed E-state index contributed by atoms with van der Waals surface area (Å²) < 4.78 is 0. The van der Waals surface area contributed by atoms with E-state index in [1.165, 1.54) is 11.3 Å². The van der Waals surface area contributed by atoms with Gasteiger partial charge in [-0.1, -0.05) is 31.2 Å². The van der Waals surface area contributed by atoms with Gasteiger partial charge in [-0.2, -0.15) is 0 Å². The molecule has 2 heteroatoms. The van der Waals surface area contributed by atoms with Crippen LogP contribution >= 0.6 is 0 Å². The Bertz CT molecular complexity index is 514. The topological polar surface area (TPSA) is 23.5 Å². The maximum Gasteiger partial charge on any atom is 0.0761 e. The molecule has 2 rings (SSSR count). The third kappa shape index (κ3) is 3.15. The molecule has 100 valence electrons. The molecule has 0 aliphatic heterocycles. The minimum absolute atomic E-state index is 0.414. The molecule has 0 heterocycles.